The first-order valence-electron chi connectivity index (χ1n) is 7.78. The second kappa shape index (κ2) is 5.34. The third kappa shape index (κ3) is 2.37. The third-order valence-corrected chi connectivity index (χ3v) is 4.83. The highest BCUT2D eigenvalue weighted by molar-refractivity contribution is 6.01. The lowest BCUT2D eigenvalue weighted by Crippen LogP contribution is -2.43. The van der Waals surface area contributed by atoms with Gasteiger partial charge in [-0.2, -0.15) is 0 Å². The van der Waals surface area contributed by atoms with Crippen molar-refractivity contribution in [1.82, 2.24) is 15.6 Å². The topological polar surface area (TPSA) is 87.5 Å². The number of amides is 2. The van der Waals surface area contributed by atoms with Crippen LogP contribution in [0.4, 0.5) is 5.69 Å². The van der Waals surface area contributed by atoms with E-state index in [1.807, 2.05) is 0 Å². The van der Waals surface area contributed by atoms with Crippen LogP contribution in [0.3, 0.4) is 0 Å². The summed E-state index contributed by atoms with van der Waals surface area (Å²) >= 11 is 0. The Morgan fingerprint density at radius 3 is 3.09 bits per heavy atom. The van der Waals surface area contributed by atoms with Gasteiger partial charge in [0.2, 0.25) is 6.41 Å². The van der Waals surface area contributed by atoms with Crippen LogP contribution in [0.1, 0.15) is 29.8 Å². The highest BCUT2D eigenvalue weighted by atomic mass is 16.3. The maximum atomic E-state index is 12.5. The summed E-state index contributed by atoms with van der Waals surface area (Å²) in [6.07, 6.45) is 6.98. The molecule has 2 saturated heterocycles. The molecule has 7 nitrogen and oxygen atoms in total. The summed E-state index contributed by atoms with van der Waals surface area (Å²) in [7, 11) is 1.64. The van der Waals surface area contributed by atoms with Gasteiger partial charge >= 0.3 is 0 Å². The van der Waals surface area contributed by atoms with Crippen LogP contribution in [-0.4, -0.2) is 42.5 Å². The monoisotopic (exact) mass is 314 g/mol. The second-order valence-electron chi connectivity index (χ2n) is 6.27. The maximum absolute atomic E-state index is 12.5. The lowest BCUT2D eigenvalue weighted by molar-refractivity contribution is -0.107. The number of nitrogens with one attached hydrogen (secondary N) is 2. The Bertz CT molecular complexity index is 772. The summed E-state index contributed by atoms with van der Waals surface area (Å²) in [6, 6.07) is 2.74. The van der Waals surface area contributed by atoms with Gasteiger partial charge in [-0.1, -0.05) is 0 Å². The van der Waals surface area contributed by atoms with Crippen LogP contribution in [0.5, 0.6) is 0 Å². The standard InChI is InChI=1S/C16H18N4O3/c1-20(8-21)14-7-23-15-6-17-13(5-10(14)15)16(22)19-12-4-9-2-3-11(12)18-9/h5-9,11-12,18H,2-4H2,1H3,(H,19,22)/t9-,11+,12-/m1/s1. The molecule has 4 rings (SSSR count). The molecule has 0 saturated carbocycles. The fraction of sp³-hybridized carbons (Fsp3) is 0.438. The van der Waals surface area contributed by atoms with Crippen molar-refractivity contribution in [3.05, 3.63) is 24.2 Å². The molecule has 0 radical (unpaired) electrons. The van der Waals surface area contributed by atoms with Crippen LogP contribution >= 0.6 is 0 Å². The zero-order valence-corrected chi connectivity index (χ0v) is 12.8. The molecule has 0 spiro atoms. The molecule has 2 aliphatic heterocycles. The molecule has 2 fully saturated rings. The zero-order valence-electron chi connectivity index (χ0n) is 12.8. The summed E-state index contributed by atoms with van der Waals surface area (Å²) in [5.41, 5.74) is 1.50. The Morgan fingerprint density at radius 2 is 2.39 bits per heavy atom. The van der Waals surface area contributed by atoms with E-state index >= 15 is 0 Å². The van der Waals surface area contributed by atoms with E-state index in [1.165, 1.54) is 23.8 Å². The number of aromatic nitrogens is 1. The van der Waals surface area contributed by atoms with E-state index in [0.29, 0.717) is 40.8 Å². The SMILES string of the molecule is CN(C=O)c1coc2cnc(C(=O)N[C@@H]3C[C@H]4CC[C@@H]3N4)cc12. The Balaban J connectivity index is 1.58. The zero-order chi connectivity index (χ0) is 16.0. The molecule has 7 heteroatoms. The van der Waals surface area contributed by atoms with E-state index in [9.17, 15) is 9.59 Å². The number of hydrogen-bond donors (Lipinski definition) is 2. The fourth-order valence-corrected chi connectivity index (χ4v) is 3.60. The molecule has 0 aromatic carbocycles. The minimum atomic E-state index is -0.188. The average molecular weight is 314 g/mol. The van der Waals surface area contributed by atoms with Crippen LogP contribution in [0.25, 0.3) is 11.0 Å². The minimum absolute atomic E-state index is 0.167. The van der Waals surface area contributed by atoms with Crippen molar-refractivity contribution in [1.29, 1.82) is 0 Å². The fourth-order valence-electron chi connectivity index (χ4n) is 3.60. The van der Waals surface area contributed by atoms with Crippen molar-refractivity contribution in [2.24, 2.45) is 0 Å². The Morgan fingerprint density at radius 1 is 1.52 bits per heavy atom. The number of carbonyl (C=O) groups is 2. The van der Waals surface area contributed by atoms with Gasteiger partial charge in [-0.3, -0.25) is 9.59 Å². The second-order valence-corrected chi connectivity index (χ2v) is 6.27. The van der Waals surface area contributed by atoms with Gasteiger partial charge in [0.25, 0.3) is 5.91 Å². The molecule has 3 atom stereocenters. The van der Waals surface area contributed by atoms with E-state index in [-0.39, 0.29) is 11.9 Å². The van der Waals surface area contributed by atoms with E-state index in [1.54, 1.807) is 13.1 Å². The third-order valence-electron chi connectivity index (χ3n) is 4.83. The van der Waals surface area contributed by atoms with E-state index in [2.05, 4.69) is 15.6 Å². The molecule has 4 heterocycles. The van der Waals surface area contributed by atoms with Crippen LogP contribution in [0.2, 0.25) is 0 Å². The number of hydrogen-bond acceptors (Lipinski definition) is 5. The average Bonchev–Trinajstić information content (AvgIpc) is 3.28. The van der Waals surface area contributed by atoms with Crippen LogP contribution < -0.4 is 15.5 Å². The number of fused-ring (bicyclic) bond motifs is 3. The molecule has 2 aliphatic rings. The highest BCUT2D eigenvalue weighted by Crippen LogP contribution is 2.29. The van der Waals surface area contributed by atoms with Crippen molar-refractivity contribution in [2.75, 3.05) is 11.9 Å². The van der Waals surface area contributed by atoms with Crippen LogP contribution in [-0.2, 0) is 4.79 Å². The number of carbonyl (C=O) groups excluding carboxylic acids is 2. The van der Waals surface area contributed by atoms with Gasteiger partial charge in [-0.15, -0.1) is 0 Å². The molecule has 2 bridgehead atoms. The first-order chi connectivity index (χ1) is 11.2. The van der Waals surface area contributed by atoms with Crippen LogP contribution in [0, 0.1) is 0 Å². The smallest absolute Gasteiger partial charge is 0.270 e. The molecule has 2 aromatic rings. The van der Waals surface area contributed by atoms with Crippen molar-refractivity contribution >= 4 is 29.0 Å². The molecule has 2 amide bonds. The van der Waals surface area contributed by atoms with Gasteiger partial charge in [-0.25, -0.2) is 4.98 Å². The van der Waals surface area contributed by atoms with E-state index < -0.39 is 0 Å². The first-order valence-corrected chi connectivity index (χ1v) is 7.78. The Labute approximate surface area is 133 Å². The van der Waals surface area contributed by atoms with Gasteiger partial charge in [0.05, 0.1) is 11.9 Å². The summed E-state index contributed by atoms with van der Waals surface area (Å²) in [5.74, 6) is -0.188. The first kappa shape index (κ1) is 14.2. The summed E-state index contributed by atoms with van der Waals surface area (Å²) < 4.78 is 5.38. The predicted octanol–water partition coefficient (Wildman–Crippen LogP) is 1.04. The Hall–Kier alpha value is -2.41. The minimum Gasteiger partial charge on any atom is -0.460 e. The summed E-state index contributed by atoms with van der Waals surface area (Å²) in [4.78, 5) is 29.0. The lowest BCUT2D eigenvalue weighted by Gasteiger charge is -2.21. The number of pyridine rings is 1. The van der Waals surface area contributed by atoms with Crippen molar-refractivity contribution in [3.63, 3.8) is 0 Å². The molecule has 2 aromatic heterocycles. The highest BCUT2D eigenvalue weighted by Gasteiger charge is 2.39. The Kier molecular flexibility index (Phi) is 3.30. The largest absolute Gasteiger partial charge is 0.460 e. The van der Waals surface area contributed by atoms with Gasteiger partial charge in [-0.05, 0) is 25.3 Å². The maximum Gasteiger partial charge on any atom is 0.270 e. The molecule has 120 valence electrons. The molecular formula is C16H18N4O3. The number of furan rings is 1. The van der Waals surface area contributed by atoms with E-state index in [4.69, 9.17) is 4.42 Å². The molecule has 23 heavy (non-hydrogen) atoms. The summed E-state index contributed by atoms with van der Waals surface area (Å²) in [6.45, 7) is 0. The van der Waals surface area contributed by atoms with Crippen molar-refractivity contribution < 1.29 is 14.0 Å². The quantitative estimate of drug-likeness (QED) is 0.824. The number of rotatable bonds is 4. The van der Waals surface area contributed by atoms with Crippen molar-refractivity contribution in [2.45, 2.75) is 37.4 Å². The van der Waals surface area contributed by atoms with Gasteiger partial charge < -0.3 is 20.0 Å². The predicted molar refractivity (Wildman–Crippen MR) is 84.3 cm³/mol. The molecule has 2 N–H and O–H groups in total. The number of nitrogens with zero attached hydrogens (tertiary/aromatic N) is 2. The van der Waals surface area contributed by atoms with Gasteiger partial charge in [0.15, 0.2) is 5.58 Å². The van der Waals surface area contributed by atoms with Gasteiger partial charge in [0.1, 0.15) is 12.0 Å². The lowest BCUT2D eigenvalue weighted by atomic mass is 9.95. The summed E-state index contributed by atoms with van der Waals surface area (Å²) in [5, 5.41) is 7.26. The van der Waals surface area contributed by atoms with Crippen molar-refractivity contribution in [3.8, 4) is 0 Å². The van der Waals surface area contributed by atoms with Crippen LogP contribution in [0.15, 0.2) is 22.9 Å². The normalized spacial score (nSPS) is 25.7. The molecule has 0 aliphatic carbocycles. The number of anilines is 1. The van der Waals surface area contributed by atoms with Gasteiger partial charge in [0, 0.05) is 30.6 Å². The molecule has 0 unspecified atom stereocenters. The van der Waals surface area contributed by atoms with E-state index in [0.717, 1.165) is 12.8 Å². The molecular weight excluding hydrogens is 296 g/mol.